The van der Waals surface area contributed by atoms with Crippen LogP contribution in [0.25, 0.3) is 11.6 Å². The van der Waals surface area contributed by atoms with E-state index in [9.17, 15) is 0 Å². The van der Waals surface area contributed by atoms with E-state index in [4.69, 9.17) is 13.7 Å². The van der Waals surface area contributed by atoms with Crippen LogP contribution in [0.3, 0.4) is 0 Å². The van der Waals surface area contributed by atoms with Crippen molar-refractivity contribution >= 4 is 0 Å². The number of hydrogen-bond donors (Lipinski definition) is 0. The van der Waals surface area contributed by atoms with Gasteiger partial charge < -0.3 is 13.7 Å². The highest BCUT2D eigenvalue weighted by atomic mass is 16.5. The van der Waals surface area contributed by atoms with Gasteiger partial charge in [-0.25, -0.2) is 0 Å². The van der Waals surface area contributed by atoms with Gasteiger partial charge in [-0.3, -0.25) is 4.90 Å². The quantitative estimate of drug-likeness (QED) is 0.813. The first-order valence-corrected chi connectivity index (χ1v) is 7.57. The molecule has 1 aliphatic carbocycles. The minimum Gasteiger partial charge on any atom is -0.461 e. The summed E-state index contributed by atoms with van der Waals surface area (Å²) in [6, 6.07) is 4.33. The van der Waals surface area contributed by atoms with Crippen molar-refractivity contribution in [1.82, 2.24) is 15.0 Å². The Morgan fingerprint density at radius 3 is 2.95 bits per heavy atom. The molecule has 0 amide bonds. The number of hydrogen-bond acceptors (Lipinski definition) is 6. The van der Waals surface area contributed by atoms with Gasteiger partial charge in [0.2, 0.25) is 11.7 Å². The van der Waals surface area contributed by atoms with Gasteiger partial charge >= 0.3 is 0 Å². The van der Waals surface area contributed by atoms with Crippen LogP contribution in [0.5, 0.6) is 0 Å². The lowest BCUT2D eigenvalue weighted by atomic mass is 10.1. The summed E-state index contributed by atoms with van der Waals surface area (Å²) in [6.45, 7) is 3.55. The van der Waals surface area contributed by atoms with Crippen LogP contribution in [0, 0.1) is 5.92 Å². The third kappa shape index (κ3) is 3.01. The van der Waals surface area contributed by atoms with E-state index in [0.717, 1.165) is 32.7 Å². The number of ether oxygens (including phenoxy) is 1. The predicted molar refractivity (Wildman–Crippen MR) is 74.4 cm³/mol. The molecule has 6 nitrogen and oxygen atoms in total. The van der Waals surface area contributed by atoms with E-state index in [-0.39, 0.29) is 0 Å². The summed E-state index contributed by atoms with van der Waals surface area (Å²) in [5.41, 5.74) is 0. The Hall–Kier alpha value is -1.66. The molecule has 6 heteroatoms. The van der Waals surface area contributed by atoms with Gasteiger partial charge in [-0.05, 0) is 37.3 Å². The highest BCUT2D eigenvalue weighted by molar-refractivity contribution is 5.44. The molecular weight excluding hydrogens is 270 g/mol. The fraction of sp³-hybridized carbons (Fsp3) is 0.600. The third-order valence-electron chi connectivity index (χ3n) is 4.13. The lowest BCUT2D eigenvalue weighted by Gasteiger charge is -2.22. The highest BCUT2D eigenvalue weighted by Crippen LogP contribution is 2.30. The standard InChI is InChI=1S/C15H19N3O3/c1-2-13(20-6-1)15-16-14(21-17-15)9-18(12-3-4-12)8-11-5-7-19-10-11/h1-2,6,11-12H,3-5,7-10H2/t11-/m0/s1. The van der Waals surface area contributed by atoms with Crippen LogP contribution < -0.4 is 0 Å². The van der Waals surface area contributed by atoms with Gasteiger partial charge in [-0.15, -0.1) is 0 Å². The summed E-state index contributed by atoms with van der Waals surface area (Å²) in [4.78, 5) is 6.89. The summed E-state index contributed by atoms with van der Waals surface area (Å²) >= 11 is 0. The second-order valence-electron chi connectivity index (χ2n) is 5.88. The van der Waals surface area contributed by atoms with Gasteiger partial charge in [0.15, 0.2) is 5.76 Å². The van der Waals surface area contributed by atoms with Crippen LogP contribution in [-0.4, -0.2) is 40.8 Å². The number of nitrogens with zero attached hydrogens (tertiary/aromatic N) is 3. The first-order valence-electron chi connectivity index (χ1n) is 7.57. The van der Waals surface area contributed by atoms with E-state index in [1.165, 1.54) is 12.8 Å². The molecule has 0 radical (unpaired) electrons. The zero-order valence-corrected chi connectivity index (χ0v) is 11.9. The van der Waals surface area contributed by atoms with Crippen LogP contribution in [-0.2, 0) is 11.3 Å². The van der Waals surface area contributed by atoms with Gasteiger partial charge in [0.1, 0.15) is 0 Å². The average molecular weight is 289 g/mol. The van der Waals surface area contributed by atoms with Crippen molar-refractivity contribution in [2.24, 2.45) is 5.92 Å². The SMILES string of the molecule is c1coc(-c2noc(CN(C[C@@H]3CCOC3)C3CC3)n2)c1. The summed E-state index contributed by atoms with van der Waals surface area (Å²) < 4.78 is 16.1. The van der Waals surface area contributed by atoms with E-state index in [2.05, 4.69) is 15.0 Å². The topological polar surface area (TPSA) is 64.5 Å². The second-order valence-corrected chi connectivity index (χ2v) is 5.88. The Bertz CT molecular complexity index is 571. The first-order chi connectivity index (χ1) is 10.4. The Morgan fingerprint density at radius 2 is 2.24 bits per heavy atom. The fourth-order valence-electron chi connectivity index (χ4n) is 2.84. The average Bonchev–Trinajstić information content (AvgIpc) is 2.93. The maximum atomic E-state index is 5.47. The minimum absolute atomic E-state index is 0.523. The summed E-state index contributed by atoms with van der Waals surface area (Å²) in [5.74, 6) is 2.47. The van der Waals surface area contributed by atoms with Crippen molar-refractivity contribution in [3.63, 3.8) is 0 Å². The Kier molecular flexibility index (Phi) is 3.48. The maximum Gasteiger partial charge on any atom is 0.241 e. The van der Waals surface area contributed by atoms with Gasteiger partial charge in [0.25, 0.3) is 0 Å². The molecule has 1 saturated heterocycles. The fourth-order valence-corrected chi connectivity index (χ4v) is 2.84. The summed E-state index contributed by atoms with van der Waals surface area (Å²) in [5, 5.41) is 3.99. The molecule has 0 bridgehead atoms. The van der Waals surface area contributed by atoms with Crippen LogP contribution >= 0.6 is 0 Å². The van der Waals surface area contributed by atoms with Crippen molar-refractivity contribution < 1.29 is 13.7 Å². The molecule has 2 aromatic rings. The molecule has 0 aromatic carbocycles. The lowest BCUT2D eigenvalue weighted by Crippen LogP contribution is -2.31. The smallest absolute Gasteiger partial charge is 0.241 e. The molecule has 0 spiro atoms. The molecule has 3 heterocycles. The van der Waals surface area contributed by atoms with Crippen molar-refractivity contribution in [3.05, 3.63) is 24.3 Å². The van der Waals surface area contributed by atoms with Crippen molar-refractivity contribution in [2.75, 3.05) is 19.8 Å². The number of aromatic nitrogens is 2. The maximum absolute atomic E-state index is 5.47. The Morgan fingerprint density at radius 1 is 1.29 bits per heavy atom. The largest absolute Gasteiger partial charge is 0.461 e. The molecule has 2 aliphatic rings. The predicted octanol–water partition coefficient (Wildman–Crippen LogP) is 2.33. The van der Waals surface area contributed by atoms with Crippen LogP contribution in [0.15, 0.2) is 27.3 Å². The minimum atomic E-state index is 0.523. The van der Waals surface area contributed by atoms with E-state index in [1.807, 2.05) is 12.1 Å². The van der Waals surface area contributed by atoms with Crippen molar-refractivity contribution in [1.29, 1.82) is 0 Å². The second kappa shape index (κ2) is 5.61. The Balaban J connectivity index is 1.43. The summed E-state index contributed by atoms with van der Waals surface area (Å²) in [7, 11) is 0. The van der Waals surface area contributed by atoms with E-state index >= 15 is 0 Å². The summed E-state index contributed by atoms with van der Waals surface area (Å²) in [6.07, 6.45) is 5.31. The normalized spacial score (nSPS) is 22.2. The molecular formula is C15H19N3O3. The van der Waals surface area contributed by atoms with E-state index in [1.54, 1.807) is 6.26 Å². The molecule has 1 aliphatic heterocycles. The van der Waals surface area contributed by atoms with Gasteiger partial charge in [-0.1, -0.05) is 5.16 Å². The molecule has 112 valence electrons. The van der Waals surface area contributed by atoms with Crippen LogP contribution in [0.1, 0.15) is 25.2 Å². The third-order valence-corrected chi connectivity index (χ3v) is 4.13. The zero-order valence-electron chi connectivity index (χ0n) is 11.9. The molecule has 1 saturated carbocycles. The van der Waals surface area contributed by atoms with Gasteiger partial charge in [0.05, 0.1) is 19.4 Å². The molecule has 2 aromatic heterocycles. The molecule has 0 unspecified atom stereocenters. The zero-order chi connectivity index (χ0) is 14.1. The van der Waals surface area contributed by atoms with E-state index < -0.39 is 0 Å². The van der Waals surface area contributed by atoms with Gasteiger partial charge in [-0.2, -0.15) is 4.98 Å². The number of furan rings is 1. The molecule has 1 atom stereocenters. The lowest BCUT2D eigenvalue weighted by molar-refractivity contribution is 0.153. The van der Waals surface area contributed by atoms with E-state index in [0.29, 0.717) is 29.4 Å². The van der Waals surface area contributed by atoms with Crippen molar-refractivity contribution in [3.8, 4) is 11.6 Å². The van der Waals surface area contributed by atoms with Crippen LogP contribution in [0.2, 0.25) is 0 Å². The Labute approximate surface area is 123 Å². The molecule has 4 rings (SSSR count). The van der Waals surface area contributed by atoms with Gasteiger partial charge in [0, 0.05) is 19.2 Å². The first kappa shape index (κ1) is 13.0. The monoisotopic (exact) mass is 289 g/mol. The van der Waals surface area contributed by atoms with Crippen LogP contribution in [0.4, 0.5) is 0 Å². The molecule has 21 heavy (non-hydrogen) atoms. The molecule has 0 N–H and O–H groups in total. The highest BCUT2D eigenvalue weighted by Gasteiger charge is 2.32. The van der Waals surface area contributed by atoms with Crippen molar-refractivity contribution in [2.45, 2.75) is 31.8 Å². The molecule has 2 fully saturated rings. The number of rotatable bonds is 6.